The van der Waals surface area contributed by atoms with Gasteiger partial charge in [-0.2, -0.15) is 0 Å². The van der Waals surface area contributed by atoms with Crippen molar-refractivity contribution in [2.45, 2.75) is 13.8 Å². The van der Waals surface area contributed by atoms with E-state index in [1.807, 2.05) is 26.0 Å². The highest BCUT2D eigenvalue weighted by Crippen LogP contribution is 2.22. The van der Waals surface area contributed by atoms with Crippen LogP contribution in [0.3, 0.4) is 0 Å². The van der Waals surface area contributed by atoms with E-state index >= 15 is 0 Å². The number of anilines is 2. The Morgan fingerprint density at radius 1 is 1.17 bits per heavy atom. The van der Waals surface area contributed by atoms with E-state index in [4.69, 9.17) is 5.73 Å². The summed E-state index contributed by atoms with van der Waals surface area (Å²) in [5.74, 6) is -0.233. The van der Waals surface area contributed by atoms with Gasteiger partial charge in [-0.1, -0.05) is 0 Å². The van der Waals surface area contributed by atoms with E-state index in [1.165, 1.54) is 18.7 Å². The van der Waals surface area contributed by atoms with Gasteiger partial charge in [-0.25, -0.2) is 9.97 Å². The van der Waals surface area contributed by atoms with Crippen molar-refractivity contribution in [2.24, 2.45) is 0 Å². The van der Waals surface area contributed by atoms with Crippen LogP contribution in [0.15, 0.2) is 30.9 Å². The van der Waals surface area contributed by atoms with Crippen molar-refractivity contribution >= 4 is 17.3 Å². The highest BCUT2D eigenvalue weighted by atomic mass is 16.1. The number of nitrogens with one attached hydrogen (secondary N) is 1. The number of benzene rings is 1. The number of nitrogen functional groups attached to an aromatic ring is 1. The zero-order valence-corrected chi connectivity index (χ0v) is 10.3. The van der Waals surface area contributed by atoms with Crippen LogP contribution in [0.25, 0.3) is 0 Å². The number of carbonyl (C=O) groups is 1. The van der Waals surface area contributed by atoms with E-state index in [0.29, 0.717) is 11.3 Å². The monoisotopic (exact) mass is 242 g/mol. The summed E-state index contributed by atoms with van der Waals surface area (Å²) in [5, 5.41) is 2.82. The molecule has 0 radical (unpaired) electrons. The summed E-state index contributed by atoms with van der Waals surface area (Å²) in [6, 6.07) is 3.69. The van der Waals surface area contributed by atoms with Gasteiger partial charge in [-0.05, 0) is 37.1 Å². The molecule has 0 saturated heterocycles. The average Bonchev–Trinajstić information content (AvgIpc) is 2.37. The van der Waals surface area contributed by atoms with Crippen molar-refractivity contribution in [1.82, 2.24) is 9.97 Å². The van der Waals surface area contributed by atoms with Crippen molar-refractivity contribution in [2.75, 3.05) is 11.1 Å². The second kappa shape index (κ2) is 4.83. The Morgan fingerprint density at radius 3 is 2.50 bits per heavy atom. The molecule has 0 atom stereocenters. The van der Waals surface area contributed by atoms with Gasteiger partial charge in [0.2, 0.25) is 0 Å². The van der Waals surface area contributed by atoms with E-state index in [1.54, 1.807) is 0 Å². The number of amides is 1. The molecule has 3 N–H and O–H groups in total. The molecule has 0 spiro atoms. The first kappa shape index (κ1) is 12.0. The molecule has 0 fully saturated rings. The predicted molar refractivity (Wildman–Crippen MR) is 70.3 cm³/mol. The number of nitrogens with zero attached hydrogens (tertiary/aromatic N) is 2. The van der Waals surface area contributed by atoms with Crippen molar-refractivity contribution < 1.29 is 4.79 Å². The van der Waals surface area contributed by atoms with Gasteiger partial charge in [0.05, 0.1) is 5.56 Å². The molecule has 2 aromatic rings. The Balaban J connectivity index is 2.25. The van der Waals surface area contributed by atoms with Crippen LogP contribution in [-0.4, -0.2) is 15.9 Å². The third kappa shape index (κ3) is 2.45. The minimum absolute atomic E-state index is 0.233. The number of hydrogen-bond donors (Lipinski definition) is 2. The first-order valence-corrected chi connectivity index (χ1v) is 5.51. The quantitative estimate of drug-likeness (QED) is 0.788. The van der Waals surface area contributed by atoms with Gasteiger partial charge in [0.15, 0.2) is 0 Å². The Labute approximate surface area is 105 Å². The molecular weight excluding hydrogens is 228 g/mol. The van der Waals surface area contributed by atoms with Gasteiger partial charge >= 0.3 is 0 Å². The fourth-order valence-electron chi connectivity index (χ4n) is 1.58. The molecule has 0 bridgehead atoms. The van der Waals surface area contributed by atoms with Crippen LogP contribution in [0.5, 0.6) is 0 Å². The Morgan fingerprint density at radius 2 is 1.83 bits per heavy atom. The van der Waals surface area contributed by atoms with Gasteiger partial charge < -0.3 is 11.1 Å². The smallest absolute Gasteiger partial charge is 0.258 e. The maximum absolute atomic E-state index is 11.9. The highest BCUT2D eigenvalue weighted by molar-refractivity contribution is 6.04. The summed E-state index contributed by atoms with van der Waals surface area (Å²) >= 11 is 0. The molecule has 0 aliphatic heterocycles. The van der Waals surface area contributed by atoms with Crippen molar-refractivity contribution in [3.8, 4) is 0 Å². The summed E-state index contributed by atoms with van der Waals surface area (Å²) in [6.07, 6.45) is 4.33. The zero-order chi connectivity index (χ0) is 13.1. The number of hydrogen-bond acceptors (Lipinski definition) is 4. The largest absolute Gasteiger partial charge is 0.399 e. The molecule has 2 rings (SSSR count). The lowest BCUT2D eigenvalue weighted by Crippen LogP contribution is -2.13. The minimum Gasteiger partial charge on any atom is -0.399 e. The fraction of sp³-hybridized carbons (Fsp3) is 0.154. The third-order valence-electron chi connectivity index (χ3n) is 2.68. The number of carbonyl (C=O) groups excluding carboxylic acids is 1. The van der Waals surface area contributed by atoms with Crippen LogP contribution in [0, 0.1) is 13.8 Å². The van der Waals surface area contributed by atoms with Crippen molar-refractivity contribution in [3.63, 3.8) is 0 Å². The van der Waals surface area contributed by atoms with Gasteiger partial charge in [0.25, 0.3) is 5.91 Å². The molecule has 5 nitrogen and oxygen atoms in total. The van der Waals surface area contributed by atoms with Crippen molar-refractivity contribution in [3.05, 3.63) is 47.5 Å². The highest BCUT2D eigenvalue weighted by Gasteiger charge is 2.09. The summed E-state index contributed by atoms with van der Waals surface area (Å²) < 4.78 is 0. The summed E-state index contributed by atoms with van der Waals surface area (Å²) in [4.78, 5) is 19.6. The van der Waals surface area contributed by atoms with E-state index in [9.17, 15) is 4.79 Å². The molecular formula is C13H14N4O. The van der Waals surface area contributed by atoms with Crippen LogP contribution in [0.4, 0.5) is 11.4 Å². The molecule has 1 heterocycles. The molecule has 0 aliphatic carbocycles. The van der Waals surface area contributed by atoms with E-state index < -0.39 is 0 Å². The van der Waals surface area contributed by atoms with E-state index in [-0.39, 0.29) is 5.91 Å². The number of nitrogens with two attached hydrogens (primary N) is 1. The molecule has 92 valence electrons. The van der Waals surface area contributed by atoms with Gasteiger partial charge in [-0.15, -0.1) is 0 Å². The van der Waals surface area contributed by atoms with Crippen LogP contribution in [-0.2, 0) is 0 Å². The standard InChI is InChI=1S/C13H14N4O/c1-8-4-12(9(2)3-11(8)14)17-13(18)10-5-15-7-16-6-10/h3-7H,14H2,1-2H3,(H,17,18). The van der Waals surface area contributed by atoms with Crippen LogP contribution >= 0.6 is 0 Å². The zero-order valence-electron chi connectivity index (χ0n) is 10.3. The van der Waals surface area contributed by atoms with Crippen molar-refractivity contribution in [1.29, 1.82) is 0 Å². The second-order valence-electron chi connectivity index (χ2n) is 4.10. The van der Waals surface area contributed by atoms with E-state index in [2.05, 4.69) is 15.3 Å². The third-order valence-corrected chi connectivity index (χ3v) is 2.68. The normalized spacial score (nSPS) is 10.1. The Bertz CT molecular complexity index is 581. The summed E-state index contributed by atoms with van der Waals surface area (Å²) in [7, 11) is 0. The number of aryl methyl sites for hydroxylation is 2. The molecule has 5 heteroatoms. The van der Waals surface area contributed by atoms with E-state index in [0.717, 1.165) is 16.8 Å². The van der Waals surface area contributed by atoms with Crippen LogP contribution in [0.2, 0.25) is 0 Å². The van der Waals surface area contributed by atoms with Gasteiger partial charge in [0, 0.05) is 23.8 Å². The Hall–Kier alpha value is -2.43. The van der Waals surface area contributed by atoms with Gasteiger partial charge in [0.1, 0.15) is 6.33 Å². The molecule has 0 unspecified atom stereocenters. The lowest BCUT2D eigenvalue weighted by atomic mass is 10.1. The minimum atomic E-state index is -0.233. The second-order valence-corrected chi connectivity index (χ2v) is 4.10. The summed E-state index contributed by atoms with van der Waals surface area (Å²) in [6.45, 7) is 3.79. The molecule has 1 amide bonds. The molecule has 0 aliphatic rings. The maximum atomic E-state index is 11.9. The SMILES string of the molecule is Cc1cc(NC(=O)c2cncnc2)c(C)cc1N. The van der Waals surface area contributed by atoms with Crippen LogP contribution in [0.1, 0.15) is 21.5 Å². The predicted octanol–water partition coefficient (Wildman–Crippen LogP) is 1.93. The van der Waals surface area contributed by atoms with Gasteiger partial charge in [-0.3, -0.25) is 4.79 Å². The average molecular weight is 242 g/mol. The summed E-state index contributed by atoms with van der Waals surface area (Å²) in [5.41, 5.74) is 9.53. The topological polar surface area (TPSA) is 80.9 Å². The fourth-order valence-corrected chi connectivity index (χ4v) is 1.58. The number of rotatable bonds is 2. The molecule has 1 aromatic carbocycles. The first-order chi connectivity index (χ1) is 8.58. The maximum Gasteiger partial charge on any atom is 0.258 e. The number of aromatic nitrogens is 2. The Kier molecular flexibility index (Phi) is 3.23. The molecule has 1 aromatic heterocycles. The lowest BCUT2D eigenvalue weighted by molar-refractivity contribution is 0.102. The molecule has 18 heavy (non-hydrogen) atoms. The molecule has 0 saturated carbocycles. The first-order valence-electron chi connectivity index (χ1n) is 5.51. The lowest BCUT2D eigenvalue weighted by Gasteiger charge is -2.10. The van der Waals surface area contributed by atoms with Crippen LogP contribution < -0.4 is 11.1 Å².